The van der Waals surface area contributed by atoms with E-state index in [0.717, 1.165) is 44.5 Å². The van der Waals surface area contributed by atoms with E-state index in [9.17, 15) is 5.48 Å². The number of benzene rings is 8. The second-order valence-electron chi connectivity index (χ2n) is 13.4. The third-order valence-electron chi connectivity index (χ3n) is 10.2. The second-order valence-corrected chi connectivity index (χ2v) is 13.4. The van der Waals surface area contributed by atoms with E-state index < -0.39 is 29.6 Å². The lowest BCUT2D eigenvalue weighted by molar-refractivity contribution is 0.660. The first-order valence-corrected chi connectivity index (χ1v) is 16.7. The highest BCUT2D eigenvalue weighted by Crippen LogP contribution is 2.51. The van der Waals surface area contributed by atoms with Crippen molar-refractivity contribution < 1.29 is 11.0 Å². The van der Waals surface area contributed by atoms with Gasteiger partial charge in [-0.25, -0.2) is 4.98 Å². The van der Waals surface area contributed by atoms with Gasteiger partial charge in [0.05, 0.1) is 22.0 Å². The molecule has 0 saturated heterocycles. The SMILES string of the molecule is [2H]c1c([2H])c([2H])c2c(-c3ccc4c(c3)C(C)(C)c3ccccc3-4)c3c([2H])c([2H])c([2H])c([2H])c3c(-c3cccc(-n4c(-c5ccccc5)nc5ccccc54)c3)c2c1[2H]. The molecule has 0 saturated carbocycles. The monoisotopic (exact) mass is 646 g/mol. The Morgan fingerprint density at radius 3 is 1.82 bits per heavy atom. The molecule has 0 atom stereocenters. The zero-order chi connectivity index (χ0) is 40.4. The fourth-order valence-electron chi connectivity index (χ4n) is 7.93. The molecular formula is C48H34N2. The second kappa shape index (κ2) is 10.9. The van der Waals surface area contributed by atoms with E-state index >= 15 is 0 Å². The van der Waals surface area contributed by atoms with Crippen LogP contribution in [0.4, 0.5) is 0 Å². The van der Waals surface area contributed by atoms with Gasteiger partial charge in [0.15, 0.2) is 0 Å². The van der Waals surface area contributed by atoms with Crippen LogP contribution in [0.1, 0.15) is 35.9 Å². The van der Waals surface area contributed by atoms with Crippen molar-refractivity contribution in [2.24, 2.45) is 0 Å². The predicted molar refractivity (Wildman–Crippen MR) is 210 cm³/mol. The molecule has 50 heavy (non-hydrogen) atoms. The maximum absolute atomic E-state index is 9.49. The molecule has 0 N–H and O–H groups in total. The number of imidazole rings is 1. The molecule has 236 valence electrons. The molecule has 0 unspecified atom stereocenters. The molecule has 0 radical (unpaired) electrons. The van der Waals surface area contributed by atoms with Gasteiger partial charge in [0.1, 0.15) is 5.82 Å². The minimum absolute atomic E-state index is 0.178. The molecule has 0 spiro atoms. The van der Waals surface area contributed by atoms with Crippen molar-refractivity contribution in [2.75, 3.05) is 0 Å². The van der Waals surface area contributed by atoms with Crippen LogP contribution in [0.2, 0.25) is 0 Å². The summed E-state index contributed by atoms with van der Waals surface area (Å²) in [6.45, 7) is 4.30. The number of hydrogen-bond acceptors (Lipinski definition) is 1. The highest BCUT2D eigenvalue weighted by atomic mass is 15.1. The minimum Gasteiger partial charge on any atom is -0.292 e. The molecule has 9 aromatic rings. The van der Waals surface area contributed by atoms with Gasteiger partial charge in [-0.3, -0.25) is 4.57 Å². The molecule has 2 heteroatoms. The first-order valence-electron chi connectivity index (χ1n) is 20.7. The molecule has 8 aromatic carbocycles. The molecule has 2 nitrogen and oxygen atoms in total. The van der Waals surface area contributed by atoms with Crippen molar-refractivity contribution in [1.82, 2.24) is 9.55 Å². The quantitative estimate of drug-likeness (QED) is 0.174. The zero-order valence-electron chi connectivity index (χ0n) is 35.4. The maximum atomic E-state index is 9.49. The molecule has 0 amide bonds. The Kier molecular flexibility index (Phi) is 4.72. The molecule has 0 fully saturated rings. The summed E-state index contributed by atoms with van der Waals surface area (Å²) >= 11 is 0. The van der Waals surface area contributed by atoms with E-state index in [1.54, 1.807) is 0 Å². The van der Waals surface area contributed by atoms with Crippen molar-refractivity contribution in [3.05, 3.63) is 181 Å². The van der Waals surface area contributed by atoms with Gasteiger partial charge in [-0.2, -0.15) is 0 Å². The smallest absolute Gasteiger partial charge is 0.145 e. The molecule has 1 aliphatic rings. The lowest BCUT2D eigenvalue weighted by Crippen LogP contribution is -2.14. The number of aromatic nitrogens is 2. The molecular weight excluding hydrogens is 605 g/mol. The molecule has 0 aliphatic heterocycles. The maximum Gasteiger partial charge on any atom is 0.145 e. The van der Waals surface area contributed by atoms with Crippen LogP contribution in [0.5, 0.6) is 0 Å². The molecule has 10 rings (SSSR count). The largest absolute Gasteiger partial charge is 0.292 e. The third kappa shape index (κ3) is 4.18. The molecule has 1 aliphatic carbocycles. The van der Waals surface area contributed by atoms with Crippen LogP contribution < -0.4 is 0 Å². The highest BCUT2D eigenvalue weighted by Gasteiger charge is 2.35. The van der Waals surface area contributed by atoms with Crippen molar-refractivity contribution >= 4 is 32.6 Å². The number of fused-ring (bicyclic) bond motifs is 6. The fraction of sp³-hybridized carbons (Fsp3) is 0.0625. The minimum atomic E-state index is -0.432. The number of hydrogen-bond donors (Lipinski definition) is 0. The number of rotatable bonds is 4. The van der Waals surface area contributed by atoms with E-state index in [1.165, 1.54) is 0 Å². The molecule has 1 heterocycles. The van der Waals surface area contributed by atoms with E-state index in [0.29, 0.717) is 28.1 Å². The molecule has 0 bridgehead atoms. The van der Waals surface area contributed by atoms with Gasteiger partial charge < -0.3 is 0 Å². The number of para-hydroxylation sites is 2. The summed E-state index contributed by atoms with van der Waals surface area (Å²) in [6.07, 6.45) is 0. The van der Waals surface area contributed by atoms with E-state index in [1.807, 2.05) is 114 Å². The molecule has 1 aromatic heterocycles. The Morgan fingerprint density at radius 1 is 0.520 bits per heavy atom. The standard InChI is InChI=1S/C48H34N2/c1-48(2)41-24-11-10-19-35(41)36-28-27-33(30-42(36)48)46-39-22-8-6-20-37(39)45(38-21-7-9-23-40(38)46)32-17-14-18-34(29-32)50-44-26-13-12-25-43(44)49-47(50)31-15-4-3-5-16-31/h3-30H,1-2H3/i6D,7D,8D,9D,20D,21D,22D,23D. The predicted octanol–water partition coefficient (Wildman–Crippen LogP) is 12.6. The Hall–Kier alpha value is -6.25. The lowest BCUT2D eigenvalue weighted by Gasteiger charge is -2.23. The fourth-order valence-corrected chi connectivity index (χ4v) is 7.93. The van der Waals surface area contributed by atoms with Crippen LogP contribution in [0, 0.1) is 0 Å². The Bertz CT molecular complexity index is 3160. The summed E-state index contributed by atoms with van der Waals surface area (Å²) < 4.78 is 75.7. The summed E-state index contributed by atoms with van der Waals surface area (Å²) in [6, 6.07) is 36.5. The van der Waals surface area contributed by atoms with Gasteiger partial charge >= 0.3 is 0 Å². The van der Waals surface area contributed by atoms with Crippen LogP contribution in [0.3, 0.4) is 0 Å². The van der Waals surface area contributed by atoms with Crippen molar-refractivity contribution in [3.63, 3.8) is 0 Å². The Labute approximate surface area is 303 Å². The van der Waals surface area contributed by atoms with E-state index in [-0.39, 0.29) is 45.7 Å². The summed E-state index contributed by atoms with van der Waals surface area (Å²) in [4.78, 5) is 5.01. The normalized spacial score (nSPS) is 15.4. The van der Waals surface area contributed by atoms with Crippen molar-refractivity contribution in [2.45, 2.75) is 19.3 Å². The van der Waals surface area contributed by atoms with Crippen LogP contribution in [-0.2, 0) is 5.41 Å². The van der Waals surface area contributed by atoms with Crippen molar-refractivity contribution in [3.8, 4) is 50.5 Å². The average molecular weight is 647 g/mol. The van der Waals surface area contributed by atoms with Crippen molar-refractivity contribution in [1.29, 1.82) is 0 Å². The summed E-state index contributed by atoms with van der Waals surface area (Å²) in [5.41, 5.74) is 8.97. The zero-order valence-corrected chi connectivity index (χ0v) is 27.4. The first kappa shape index (κ1) is 21.7. The van der Waals surface area contributed by atoms with Crippen LogP contribution in [0.15, 0.2) is 170 Å². The van der Waals surface area contributed by atoms with Gasteiger partial charge in [-0.15, -0.1) is 0 Å². The third-order valence-corrected chi connectivity index (χ3v) is 10.2. The lowest BCUT2D eigenvalue weighted by atomic mass is 9.80. The van der Waals surface area contributed by atoms with Crippen LogP contribution in [0.25, 0.3) is 83.0 Å². The topological polar surface area (TPSA) is 17.8 Å². The van der Waals surface area contributed by atoms with Crippen LogP contribution in [-0.4, -0.2) is 9.55 Å². The van der Waals surface area contributed by atoms with Gasteiger partial charge in [0, 0.05) is 16.7 Å². The first-order chi connectivity index (χ1) is 27.9. The Morgan fingerprint density at radius 2 is 1.10 bits per heavy atom. The Balaban J connectivity index is 1.35. The van der Waals surface area contributed by atoms with E-state index in [2.05, 4.69) is 26.0 Å². The summed E-state index contributed by atoms with van der Waals surface area (Å²) in [7, 11) is 0. The van der Waals surface area contributed by atoms with Gasteiger partial charge in [-0.05, 0) is 96.4 Å². The average Bonchev–Trinajstić information content (AvgIpc) is 3.75. The van der Waals surface area contributed by atoms with Gasteiger partial charge in [0.2, 0.25) is 0 Å². The summed E-state index contributed by atoms with van der Waals surface area (Å²) in [5, 5.41) is 0.737. The highest BCUT2D eigenvalue weighted by molar-refractivity contribution is 6.21. The summed E-state index contributed by atoms with van der Waals surface area (Å²) in [5.74, 6) is 0.703. The van der Waals surface area contributed by atoms with Gasteiger partial charge in [-0.1, -0.05) is 153 Å². The van der Waals surface area contributed by atoms with Gasteiger partial charge in [0.25, 0.3) is 0 Å². The number of nitrogens with zero attached hydrogens (tertiary/aromatic N) is 2. The van der Waals surface area contributed by atoms with E-state index in [4.69, 9.17) is 10.5 Å². The van der Waals surface area contributed by atoms with Crippen LogP contribution >= 0.6 is 0 Å².